The summed E-state index contributed by atoms with van der Waals surface area (Å²) in [6.07, 6.45) is 4.86. The molecule has 0 bridgehead atoms. The Labute approximate surface area is 163 Å². The number of nitrogens with one attached hydrogen (secondary N) is 2. The number of hydrogen-bond acceptors (Lipinski definition) is 9. The Morgan fingerprint density at radius 3 is 2.11 bits per heavy atom. The summed E-state index contributed by atoms with van der Waals surface area (Å²) >= 11 is 3.11. The maximum absolute atomic E-state index is 11.4. The molecule has 0 fully saturated rings. The van der Waals surface area contributed by atoms with Gasteiger partial charge < -0.3 is 10.6 Å². The maximum Gasteiger partial charge on any atom is 0.293 e. The second-order valence-corrected chi connectivity index (χ2v) is 7.45. The predicted molar refractivity (Wildman–Crippen MR) is 106 cm³/mol. The van der Waals surface area contributed by atoms with E-state index in [9.17, 15) is 15.4 Å². The van der Waals surface area contributed by atoms with Crippen molar-refractivity contribution >= 4 is 39.7 Å². The quantitative estimate of drug-likeness (QED) is 0.415. The summed E-state index contributed by atoms with van der Waals surface area (Å²) in [7, 11) is 0. The summed E-state index contributed by atoms with van der Waals surface area (Å²) in [6, 6.07) is 4.95. The Morgan fingerprint density at radius 1 is 1.04 bits per heavy atom. The summed E-state index contributed by atoms with van der Waals surface area (Å²) in [4.78, 5) is 19.3. The van der Waals surface area contributed by atoms with Crippen LogP contribution in [0.4, 0.5) is 17.1 Å². The van der Waals surface area contributed by atoms with E-state index in [2.05, 4.69) is 20.6 Å². The standard InChI is InChI=1S/C17H16N6O2S2/c18-11-12-9-15(23(24)25)14(20-4-2-17-22-6-8-27-17)10-13(12)19-3-1-16-21-5-7-26-16/h5-10,19-20H,1-4H2. The normalized spacial score (nSPS) is 10.3. The van der Waals surface area contributed by atoms with Crippen molar-refractivity contribution in [3.8, 4) is 6.07 Å². The number of nitro benzene ring substituents is 1. The Balaban J connectivity index is 1.73. The van der Waals surface area contributed by atoms with E-state index in [0.717, 1.165) is 10.0 Å². The molecule has 2 aromatic heterocycles. The van der Waals surface area contributed by atoms with Crippen molar-refractivity contribution in [3.05, 3.63) is 61.0 Å². The summed E-state index contributed by atoms with van der Waals surface area (Å²) in [6.45, 7) is 1.09. The number of aromatic nitrogens is 2. The molecule has 1 aromatic carbocycles. The highest BCUT2D eigenvalue weighted by Gasteiger charge is 2.18. The Hall–Kier alpha value is -3.03. The van der Waals surface area contributed by atoms with E-state index in [1.165, 1.54) is 6.07 Å². The van der Waals surface area contributed by atoms with Crippen molar-refractivity contribution in [3.63, 3.8) is 0 Å². The van der Waals surface area contributed by atoms with Gasteiger partial charge >= 0.3 is 0 Å². The lowest BCUT2D eigenvalue weighted by molar-refractivity contribution is -0.384. The van der Waals surface area contributed by atoms with Gasteiger partial charge in [0.1, 0.15) is 11.8 Å². The van der Waals surface area contributed by atoms with Crippen LogP contribution < -0.4 is 10.6 Å². The number of thiazole rings is 2. The third-order valence-corrected chi connectivity index (χ3v) is 5.41. The van der Waals surface area contributed by atoms with Gasteiger partial charge in [-0.3, -0.25) is 10.1 Å². The molecule has 0 aliphatic heterocycles. The summed E-state index contributed by atoms with van der Waals surface area (Å²) in [5, 5.41) is 32.8. The number of nitrogens with zero attached hydrogens (tertiary/aromatic N) is 4. The Morgan fingerprint density at radius 2 is 1.63 bits per heavy atom. The van der Waals surface area contributed by atoms with E-state index in [1.807, 2.05) is 16.8 Å². The van der Waals surface area contributed by atoms with Gasteiger partial charge in [-0.2, -0.15) is 5.26 Å². The fraction of sp³-hybridized carbons (Fsp3) is 0.235. The van der Waals surface area contributed by atoms with Gasteiger partial charge in [-0.25, -0.2) is 9.97 Å². The van der Waals surface area contributed by atoms with Crippen LogP contribution in [0.15, 0.2) is 35.3 Å². The molecule has 2 N–H and O–H groups in total. The lowest BCUT2D eigenvalue weighted by Gasteiger charge is -2.12. The van der Waals surface area contributed by atoms with Crippen molar-refractivity contribution in [1.29, 1.82) is 5.26 Å². The molecule has 8 nitrogen and oxygen atoms in total. The molecule has 2 heterocycles. The average molecular weight is 400 g/mol. The van der Waals surface area contributed by atoms with Crippen LogP contribution in [0.25, 0.3) is 0 Å². The zero-order valence-corrected chi connectivity index (χ0v) is 15.8. The highest BCUT2D eigenvalue weighted by atomic mass is 32.1. The van der Waals surface area contributed by atoms with Gasteiger partial charge in [-0.05, 0) is 6.07 Å². The second-order valence-electron chi connectivity index (χ2n) is 5.49. The first-order chi connectivity index (χ1) is 13.2. The van der Waals surface area contributed by atoms with E-state index in [4.69, 9.17) is 0 Å². The van der Waals surface area contributed by atoms with Crippen LogP contribution in [0.2, 0.25) is 0 Å². The monoisotopic (exact) mass is 400 g/mol. The highest BCUT2D eigenvalue weighted by molar-refractivity contribution is 7.09. The van der Waals surface area contributed by atoms with Crippen LogP contribution in [0.1, 0.15) is 15.6 Å². The minimum Gasteiger partial charge on any atom is -0.383 e. The number of nitriles is 1. The van der Waals surface area contributed by atoms with Crippen LogP contribution in [0, 0.1) is 21.4 Å². The van der Waals surface area contributed by atoms with E-state index >= 15 is 0 Å². The van der Waals surface area contributed by atoms with Crippen molar-refractivity contribution in [2.75, 3.05) is 23.7 Å². The number of rotatable bonds is 9. The van der Waals surface area contributed by atoms with Gasteiger partial charge in [0.25, 0.3) is 5.69 Å². The van der Waals surface area contributed by atoms with Crippen molar-refractivity contribution in [1.82, 2.24) is 9.97 Å². The molecule has 0 aliphatic rings. The third kappa shape index (κ3) is 4.99. The van der Waals surface area contributed by atoms with E-state index in [-0.39, 0.29) is 11.3 Å². The lowest BCUT2D eigenvalue weighted by Crippen LogP contribution is -2.10. The van der Waals surface area contributed by atoms with Crippen LogP contribution in [-0.4, -0.2) is 28.0 Å². The summed E-state index contributed by atoms with van der Waals surface area (Å²) in [5.41, 5.74) is 1.08. The van der Waals surface area contributed by atoms with E-state index in [1.54, 1.807) is 41.1 Å². The topological polar surface area (TPSA) is 117 Å². The molecule has 138 valence electrons. The van der Waals surface area contributed by atoms with Gasteiger partial charge in [-0.15, -0.1) is 22.7 Å². The van der Waals surface area contributed by atoms with Crippen molar-refractivity contribution < 1.29 is 4.92 Å². The number of benzene rings is 1. The zero-order chi connectivity index (χ0) is 19.1. The highest BCUT2D eigenvalue weighted by Crippen LogP contribution is 2.31. The molecule has 0 amide bonds. The van der Waals surface area contributed by atoms with Gasteiger partial charge in [0, 0.05) is 55.2 Å². The van der Waals surface area contributed by atoms with Gasteiger partial charge in [0.05, 0.1) is 26.2 Å². The summed E-state index contributed by atoms with van der Waals surface area (Å²) in [5.74, 6) is 0. The molecular weight excluding hydrogens is 384 g/mol. The maximum atomic E-state index is 11.4. The van der Waals surface area contributed by atoms with Gasteiger partial charge in [0.2, 0.25) is 0 Å². The molecule has 0 radical (unpaired) electrons. The van der Waals surface area contributed by atoms with Crippen molar-refractivity contribution in [2.45, 2.75) is 12.8 Å². The van der Waals surface area contributed by atoms with E-state index < -0.39 is 4.92 Å². The SMILES string of the molecule is N#Cc1cc([N+](=O)[O-])c(NCCc2nccs2)cc1NCCc1nccs1. The average Bonchev–Trinajstić information content (AvgIpc) is 3.35. The van der Waals surface area contributed by atoms with Gasteiger partial charge in [0.15, 0.2) is 0 Å². The van der Waals surface area contributed by atoms with Crippen LogP contribution in [0.3, 0.4) is 0 Å². The van der Waals surface area contributed by atoms with Crippen molar-refractivity contribution in [2.24, 2.45) is 0 Å². The smallest absolute Gasteiger partial charge is 0.293 e. The molecule has 0 saturated heterocycles. The Kier molecular flexibility index (Phi) is 6.30. The number of anilines is 2. The lowest BCUT2D eigenvalue weighted by atomic mass is 10.1. The Bertz CT molecular complexity index is 935. The minimum atomic E-state index is -0.480. The minimum absolute atomic E-state index is 0.115. The summed E-state index contributed by atoms with van der Waals surface area (Å²) < 4.78 is 0. The van der Waals surface area contributed by atoms with E-state index in [0.29, 0.717) is 37.3 Å². The molecule has 0 unspecified atom stereocenters. The molecule has 27 heavy (non-hydrogen) atoms. The molecular formula is C17H16N6O2S2. The first-order valence-electron chi connectivity index (χ1n) is 8.14. The first kappa shape index (κ1) is 18.8. The second kappa shape index (κ2) is 9.07. The third-order valence-electron chi connectivity index (χ3n) is 3.73. The molecule has 10 heteroatoms. The molecule has 0 aliphatic carbocycles. The molecule has 0 atom stereocenters. The number of nitro groups is 1. The predicted octanol–water partition coefficient (Wildman–Crippen LogP) is 3.69. The fourth-order valence-corrected chi connectivity index (χ4v) is 3.72. The largest absolute Gasteiger partial charge is 0.383 e. The number of hydrogen-bond donors (Lipinski definition) is 2. The fourth-order valence-electron chi connectivity index (χ4n) is 2.48. The first-order valence-corrected chi connectivity index (χ1v) is 9.90. The van der Waals surface area contributed by atoms with Crippen LogP contribution in [-0.2, 0) is 12.8 Å². The molecule has 3 aromatic rings. The molecule has 0 spiro atoms. The van der Waals surface area contributed by atoms with Gasteiger partial charge in [-0.1, -0.05) is 0 Å². The van der Waals surface area contributed by atoms with Crippen LogP contribution in [0.5, 0.6) is 0 Å². The molecule has 0 saturated carbocycles. The molecule has 3 rings (SSSR count). The zero-order valence-electron chi connectivity index (χ0n) is 14.2. The van der Waals surface area contributed by atoms with Crippen LogP contribution >= 0.6 is 22.7 Å².